The van der Waals surface area contributed by atoms with Gasteiger partial charge in [-0.05, 0) is 31.1 Å². The van der Waals surface area contributed by atoms with E-state index in [-0.39, 0.29) is 12.6 Å². The number of nitrogens with one attached hydrogen (secondary N) is 1. The SMILES string of the molecule is CC1CCCC(N[C@H](CO)C(C)C)CC1. The molecule has 2 heteroatoms. The van der Waals surface area contributed by atoms with Crippen LogP contribution in [0.1, 0.15) is 52.9 Å². The molecule has 15 heavy (non-hydrogen) atoms. The number of aliphatic hydroxyl groups is 1. The van der Waals surface area contributed by atoms with Crippen LogP contribution < -0.4 is 5.32 Å². The maximum absolute atomic E-state index is 9.29. The molecule has 0 bridgehead atoms. The average molecular weight is 213 g/mol. The Bertz CT molecular complexity index is 170. The first-order valence-corrected chi connectivity index (χ1v) is 6.50. The van der Waals surface area contributed by atoms with Gasteiger partial charge in [0.2, 0.25) is 0 Å². The largest absolute Gasteiger partial charge is 0.395 e. The predicted molar refractivity (Wildman–Crippen MR) is 64.9 cm³/mol. The van der Waals surface area contributed by atoms with E-state index in [2.05, 4.69) is 26.1 Å². The topological polar surface area (TPSA) is 32.3 Å². The molecule has 1 saturated carbocycles. The maximum Gasteiger partial charge on any atom is 0.0587 e. The highest BCUT2D eigenvalue weighted by Gasteiger charge is 2.20. The van der Waals surface area contributed by atoms with Crippen molar-refractivity contribution in [1.82, 2.24) is 5.32 Å². The monoisotopic (exact) mass is 213 g/mol. The summed E-state index contributed by atoms with van der Waals surface area (Å²) in [5, 5.41) is 12.9. The normalized spacial score (nSPS) is 30.2. The van der Waals surface area contributed by atoms with Crippen molar-refractivity contribution < 1.29 is 5.11 Å². The van der Waals surface area contributed by atoms with Crippen LogP contribution in [0.25, 0.3) is 0 Å². The van der Waals surface area contributed by atoms with Gasteiger partial charge in [0.15, 0.2) is 0 Å². The Kier molecular flexibility index (Phi) is 5.62. The third kappa shape index (κ3) is 4.52. The number of hydrogen-bond donors (Lipinski definition) is 2. The van der Waals surface area contributed by atoms with Crippen LogP contribution in [-0.4, -0.2) is 23.8 Å². The molecule has 0 aliphatic heterocycles. The summed E-state index contributed by atoms with van der Waals surface area (Å²) in [6.07, 6.45) is 6.63. The van der Waals surface area contributed by atoms with E-state index in [1.807, 2.05) is 0 Å². The van der Waals surface area contributed by atoms with Crippen LogP contribution >= 0.6 is 0 Å². The maximum atomic E-state index is 9.29. The molecular weight excluding hydrogens is 186 g/mol. The van der Waals surface area contributed by atoms with E-state index in [9.17, 15) is 5.11 Å². The molecule has 1 rings (SSSR count). The van der Waals surface area contributed by atoms with Crippen molar-refractivity contribution in [2.45, 2.75) is 65.0 Å². The molecule has 90 valence electrons. The van der Waals surface area contributed by atoms with Gasteiger partial charge < -0.3 is 10.4 Å². The first kappa shape index (κ1) is 13.0. The summed E-state index contributed by atoms with van der Waals surface area (Å²) in [5.74, 6) is 1.42. The first-order chi connectivity index (χ1) is 7.13. The first-order valence-electron chi connectivity index (χ1n) is 6.50. The second kappa shape index (κ2) is 6.49. The van der Waals surface area contributed by atoms with Crippen LogP contribution in [0.2, 0.25) is 0 Å². The van der Waals surface area contributed by atoms with E-state index in [1.165, 1.54) is 32.1 Å². The van der Waals surface area contributed by atoms with Crippen molar-refractivity contribution in [3.63, 3.8) is 0 Å². The minimum atomic E-state index is 0.268. The number of hydrogen-bond acceptors (Lipinski definition) is 2. The van der Waals surface area contributed by atoms with Crippen molar-refractivity contribution >= 4 is 0 Å². The van der Waals surface area contributed by atoms with Crippen molar-refractivity contribution in [2.75, 3.05) is 6.61 Å². The summed E-state index contributed by atoms with van der Waals surface area (Å²) in [5.41, 5.74) is 0. The highest BCUT2D eigenvalue weighted by atomic mass is 16.3. The fourth-order valence-electron chi connectivity index (χ4n) is 2.41. The molecule has 0 heterocycles. The van der Waals surface area contributed by atoms with Crippen LogP contribution in [0.3, 0.4) is 0 Å². The Morgan fingerprint density at radius 1 is 1.20 bits per heavy atom. The molecule has 0 aromatic rings. The smallest absolute Gasteiger partial charge is 0.0587 e. The standard InChI is InChI=1S/C13H27NO/c1-10(2)13(9-15)14-12-6-4-5-11(3)7-8-12/h10-15H,4-9H2,1-3H3/t11?,12?,13-/m1/s1. The van der Waals surface area contributed by atoms with Crippen molar-refractivity contribution in [3.05, 3.63) is 0 Å². The van der Waals surface area contributed by atoms with Gasteiger partial charge in [0.05, 0.1) is 6.61 Å². The Balaban J connectivity index is 2.36. The fourth-order valence-corrected chi connectivity index (χ4v) is 2.41. The summed E-state index contributed by atoms with van der Waals surface area (Å²) in [6, 6.07) is 0.915. The third-order valence-electron chi connectivity index (χ3n) is 3.71. The lowest BCUT2D eigenvalue weighted by molar-refractivity contribution is 0.194. The van der Waals surface area contributed by atoms with Gasteiger partial charge in [0.25, 0.3) is 0 Å². The minimum Gasteiger partial charge on any atom is -0.395 e. The van der Waals surface area contributed by atoms with Crippen molar-refractivity contribution in [3.8, 4) is 0 Å². The van der Waals surface area contributed by atoms with E-state index in [0.717, 1.165) is 5.92 Å². The average Bonchev–Trinajstić information content (AvgIpc) is 2.39. The zero-order valence-electron chi connectivity index (χ0n) is 10.5. The number of aliphatic hydroxyl groups excluding tert-OH is 1. The molecule has 2 unspecified atom stereocenters. The summed E-state index contributed by atoms with van der Waals surface area (Å²) < 4.78 is 0. The Morgan fingerprint density at radius 2 is 1.93 bits per heavy atom. The molecule has 2 N–H and O–H groups in total. The predicted octanol–water partition coefficient (Wildman–Crippen LogP) is 2.56. The van der Waals surface area contributed by atoms with Crippen LogP contribution in [0.5, 0.6) is 0 Å². The van der Waals surface area contributed by atoms with E-state index in [1.54, 1.807) is 0 Å². The van der Waals surface area contributed by atoms with E-state index >= 15 is 0 Å². The van der Waals surface area contributed by atoms with Crippen LogP contribution in [-0.2, 0) is 0 Å². The summed E-state index contributed by atoms with van der Waals surface area (Å²) >= 11 is 0. The second-order valence-electron chi connectivity index (χ2n) is 5.51. The lowest BCUT2D eigenvalue weighted by Gasteiger charge is -2.26. The van der Waals surface area contributed by atoms with Crippen molar-refractivity contribution in [1.29, 1.82) is 0 Å². The Hall–Kier alpha value is -0.0800. The van der Waals surface area contributed by atoms with Gasteiger partial charge in [-0.2, -0.15) is 0 Å². The molecule has 0 saturated heterocycles. The molecule has 1 fully saturated rings. The highest BCUT2D eigenvalue weighted by Crippen LogP contribution is 2.23. The van der Waals surface area contributed by atoms with Crippen molar-refractivity contribution in [2.24, 2.45) is 11.8 Å². The Labute approximate surface area is 94.5 Å². The zero-order valence-corrected chi connectivity index (χ0v) is 10.5. The zero-order chi connectivity index (χ0) is 11.3. The molecule has 1 aliphatic carbocycles. The van der Waals surface area contributed by atoms with Gasteiger partial charge in [-0.25, -0.2) is 0 Å². The number of rotatable bonds is 4. The van der Waals surface area contributed by atoms with Gasteiger partial charge in [-0.15, -0.1) is 0 Å². The third-order valence-corrected chi connectivity index (χ3v) is 3.71. The van der Waals surface area contributed by atoms with Gasteiger partial charge in [-0.3, -0.25) is 0 Å². The van der Waals surface area contributed by atoms with Gasteiger partial charge in [0, 0.05) is 12.1 Å². The summed E-state index contributed by atoms with van der Waals surface area (Å²) in [4.78, 5) is 0. The summed E-state index contributed by atoms with van der Waals surface area (Å²) in [6.45, 7) is 6.97. The molecule has 2 nitrogen and oxygen atoms in total. The summed E-state index contributed by atoms with van der Waals surface area (Å²) in [7, 11) is 0. The lowest BCUT2D eigenvalue weighted by Crippen LogP contribution is -2.43. The van der Waals surface area contributed by atoms with Crippen LogP contribution in [0, 0.1) is 11.8 Å². The molecule has 0 spiro atoms. The molecule has 1 aliphatic rings. The fraction of sp³-hybridized carbons (Fsp3) is 1.00. The quantitative estimate of drug-likeness (QED) is 0.703. The molecule has 0 radical (unpaired) electrons. The van der Waals surface area contributed by atoms with E-state index < -0.39 is 0 Å². The van der Waals surface area contributed by atoms with Gasteiger partial charge >= 0.3 is 0 Å². The van der Waals surface area contributed by atoms with Crippen LogP contribution in [0.4, 0.5) is 0 Å². The second-order valence-corrected chi connectivity index (χ2v) is 5.51. The van der Waals surface area contributed by atoms with Gasteiger partial charge in [0.1, 0.15) is 0 Å². The van der Waals surface area contributed by atoms with Gasteiger partial charge in [-0.1, -0.05) is 33.6 Å². The van der Waals surface area contributed by atoms with Crippen LogP contribution in [0.15, 0.2) is 0 Å². The highest BCUT2D eigenvalue weighted by molar-refractivity contribution is 4.79. The molecular formula is C13H27NO. The lowest BCUT2D eigenvalue weighted by atomic mass is 10.0. The van der Waals surface area contributed by atoms with E-state index in [0.29, 0.717) is 12.0 Å². The molecule has 0 aromatic heterocycles. The molecule has 0 amide bonds. The Morgan fingerprint density at radius 3 is 2.53 bits per heavy atom. The van der Waals surface area contributed by atoms with E-state index in [4.69, 9.17) is 0 Å². The minimum absolute atomic E-state index is 0.268. The molecule has 3 atom stereocenters. The molecule has 0 aromatic carbocycles.